The molecule has 0 aliphatic rings. The molecule has 92 valence electrons. The van der Waals surface area contributed by atoms with Gasteiger partial charge >= 0.3 is 0 Å². The van der Waals surface area contributed by atoms with Crippen molar-refractivity contribution in [2.75, 3.05) is 5.32 Å². The number of rotatable bonds is 3. The van der Waals surface area contributed by atoms with E-state index < -0.39 is 0 Å². The van der Waals surface area contributed by atoms with Crippen LogP contribution in [0.5, 0.6) is 0 Å². The van der Waals surface area contributed by atoms with Crippen LogP contribution in [-0.4, -0.2) is 5.91 Å². The lowest BCUT2D eigenvalue weighted by atomic mass is 10.2. The van der Waals surface area contributed by atoms with E-state index in [0.717, 1.165) is 11.3 Å². The van der Waals surface area contributed by atoms with E-state index in [-0.39, 0.29) is 5.91 Å². The van der Waals surface area contributed by atoms with Crippen molar-refractivity contribution >= 4 is 23.2 Å². The molecule has 0 bridgehead atoms. The molecule has 2 rings (SSSR count). The third-order valence-corrected chi connectivity index (χ3v) is 2.78. The van der Waals surface area contributed by atoms with Gasteiger partial charge in [0.1, 0.15) is 0 Å². The van der Waals surface area contributed by atoms with E-state index in [2.05, 4.69) is 5.32 Å². The Morgan fingerprint density at radius 1 is 1.17 bits per heavy atom. The number of benzene rings is 2. The Labute approximate surface area is 111 Å². The zero-order valence-electron chi connectivity index (χ0n) is 9.69. The van der Waals surface area contributed by atoms with Gasteiger partial charge < -0.3 is 11.1 Å². The molecule has 3 N–H and O–H groups in total. The van der Waals surface area contributed by atoms with E-state index in [9.17, 15) is 4.79 Å². The topological polar surface area (TPSA) is 55.1 Å². The minimum absolute atomic E-state index is 0.166. The van der Waals surface area contributed by atoms with Gasteiger partial charge in [0.05, 0.1) is 0 Å². The third kappa shape index (κ3) is 3.09. The quantitative estimate of drug-likeness (QED) is 0.891. The van der Waals surface area contributed by atoms with Gasteiger partial charge in [-0.2, -0.15) is 0 Å². The molecule has 0 spiro atoms. The standard InChI is InChI=1S/C14H13ClN2O/c15-12-6-4-11(5-7-12)14(18)17-13-3-1-2-10(8-13)9-16/h1-8H,9,16H2,(H,17,18). The number of halogens is 1. The van der Waals surface area contributed by atoms with Crippen LogP contribution < -0.4 is 11.1 Å². The molecule has 0 atom stereocenters. The second kappa shape index (κ2) is 5.67. The molecule has 2 aromatic rings. The maximum Gasteiger partial charge on any atom is 0.255 e. The summed E-state index contributed by atoms with van der Waals surface area (Å²) in [4.78, 5) is 11.9. The molecule has 4 heteroatoms. The van der Waals surface area contributed by atoms with Crippen LogP contribution in [0.15, 0.2) is 48.5 Å². The molecule has 18 heavy (non-hydrogen) atoms. The lowest BCUT2D eigenvalue weighted by molar-refractivity contribution is 0.102. The lowest BCUT2D eigenvalue weighted by Gasteiger charge is -2.06. The van der Waals surface area contributed by atoms with Gasteiger partial charge in [-0.05, 0) is 42.0 Å². The Bertz CT molecular complexity index is 552. The molecule has 1 amide bonds. The lowest BCUT2D eigenvalue weighted by Crippen LogP contribution is -2.12. The average molecular weight is 261 g/mol. The highest BCUT2D eigenvalue weighted by atomic mass is 35.5. The minimum Gasteiger partial charge on any atom is -0.326 e. The number of amides is 1. The summed E-state index contributed by atoms with van der Waals surface area (Å²) in [6.07, 6.45) is 0. The van der Waals surface area contributed by atoms with Gasteiger partial charge in [0.15, 0.2) is 0 Å². The number of carbonyl (C=O) groups excluding carboxylic acids is 1. The van der Waals surface area contributed by atoms with Crippen molar-refractivity contribution in [1.29, 1.82) is 0 Å². The molecule has 0 unspecified atom stereocenters. The second-order valence-electron chi connectivity index (χ2n) is 3.87. The highest BCUT2D eigenvalue weighted by Crippen LogP contribution is 2.14. The monoisotopic (exact) mass is 260 g/mol. The van der Waals surface area contributed by atoms with E-state index >= 15 is 0 Å². The molecule has 0 fully saturated rings. The smallest absolute Gasteiger partial charge is 0.255 e. The van der Waals surface area contributed by atoms with E-state index in [0.29, 0.717) is 17.1 Å². The first-order valence-electron chi connectivity index (χ1n) is 5.55. The van der Waals surface area contributed by atoms with Crippen LogP contribution in [0, 0.1) is 0 Å². The largest absolute Gasteiger partial charge is 0.326 e. The zero-order chi connectivity index (χ0) is 13.0. The number of anilines is 1. The molecule has 0 aliphatic heterocycles. The maximum atomic E-state index is 11.9. The van der Waals surface area contributed by atoms with Gasteiger partial charge in [0, 0.05) is 22.8 Å². The van der Waals surface area contributed by atoms with Crippen LogP contribution in [0.4, 0.5) is 5.69 Å². The number of hydrogen-bond acceptors (Lipinski definition) is 2. The summed E-state index contributed by atoms with van der Waals surface area (Å²) in [6, 6.07) is 14.2. The molecule has 0 aliphatic carbocycles. The maximum absolute atomic E-state index is 11.9. The molecular weight excluding hydrogens is 248 g/mol. The second-order valence-corrected chi connectivity index (χ2v) is 4.30. The highest BCUT2D eigenvalue weighted by Gasteiger charge is 2.05. The van der Waals surface area contributed by atoms with Crippen molar-refractivity contribution in [2.45, 2.75) is 6.54 Å². The first-order chi connectivity index (χ1) is 8.69. The van der Waals surface area contributed by atoms with Gasteiger partial charge in [0.25, 0.3) is 5.91 Å². The van der Waals surface area contributed by atoms with Gasteiger partial charge in [-0.25, -0.2) is 0 Å². The molecule has 0 saturated carbocycles. The summed E-state index contributed by atoms with van der Waals surface area (Å²) in [7, 11) is 0. The Balaban J connectivity index is 2.13. The fourth-order valence-corrected chi connectivity index (χ4v) is 1.71. The highest BCUT2D eigenvalue weighted by molar-refractivity contribution is 6.30. The van der Waals surface area contributed by atoms with Crippen molar-refractivity contribution in [2.24, 2.45) is 5.73 Å². The Morgan fingerprint density at radius 2 is 1.89 bits per heavy atom. The third-order valence-electron chi connectivity index (χ3n) is 2.53. The molecular formula is C14H13ClN2O. The Morgan fingerprint density at radius 3 is 2.56 bits per heavy atom. The Hall–Kier alpha value is -1.84. The number of nitrogens with two attached hydrogens (primary N) is 1. The van der Waals surface area contributed by atoms with E-state index in [4.69, 9.17) is 17.3 Å². The van der Waals surface area contributed by atoms with Gasteiger partial charge in [-0.15, -0.1) is 0 Å². The first kappa shape index (κ1) is 12.6. The zero-order valence-corrected chi connectivity index (χ0v) is 10.4. The summed E-state index contributed by atoms with van der Waals surface area (Å²) < 4.78 is 0. The predicted octanol–water partition coefficient (Wildman–Crippen LogP) is 3.05. The van der Waals surface area contributed by atoms with Crippen LogP contribution >= 0.6 is 11.6 Å². The summed E-state index contributed by atoms with van der Waals surface area (Å²) in [5.74, 6) is -0.166. The molecule has 2 aromatic carbocycles. The summed E-state index contributed by atoms with van der Waals surface area (Å²) in [6.45, 7) is 0.449. The Kier molecular flexibility index (Phi) is 3.97. The van der Waals surface area contributed by atoms with Gasteiger partial charge in [0.2, 0.25) is 0 Å². The minimum atomic E-state index is -0.166. The van der Waals surface area contributed by atoms with Crippen LogP contribution in [0.25, 0.3) is 0 Å². The predicted molar refractivity (Wildman–Crippen MR) is 73.7 cm³/mol. The molecule has 0 saturated heterocycles. The van der Waals surface area contributed by atoms with Crippen molar-refractivity contribution in [3.8, 4) is 0 Å². The van der Waals surface area contributed by atoms with Crippen LogP contribution in [0.1, 0.15) is 15.9 Å². The van der Waals surface area contributed by atoms with Crippen LogP contribution in [-0.2, 0) is 6.54 Å². The normalized spacial score (nSPS) is 10.1. The number of nitrogens with one attached hydrogen (secondary N) is 1. The SMILES string of the molecule is NCc1cccc(NC(=O)c2ccc(Cl)cc2)c1. The van der Waals surface area contributed by atoms with Gasteiger partial charge in [-0.3, -0.25) is 4.79 Å². The fraction of sp³-hybridized carbons (Fsp3) is 0.0714. The summed E-state index contributed by atoms with van der Waals surface area (Å²) in [5.41, 5.74) is 7.83. The fourth-order valence-electron chi connectivity index (χ4n) is 1.58. The van der Waals surface area contributed by atoms with E-state index in [1.807, 2.05) is 24.3 Å². The van der Waals surface area contributed by atoms with Crippen LogP contribution in [0.3, 0.4) is 0 Å². The number of carbonyl (C=O) groups is 1. The van der Waals surface area contributed by atoms with Crippen molar-refractivity contribution < 1.29 is 4.79 Å². The van der Waals surface area contributed by atoms with Crippen molar-refractivity contribution in [3.05, 3.63) is 64.7 Å². The molecule has 3 nitrogen and oxygen atoms in total. The number of hydrogen-bond donors (Lipinski definition) is 2. The summed E-state index contributed by atoms with van der Waals surface area (Å²) >= 11 is 5.77. The van der Waals surface area contributed by atoms with Crippen molar-refractivity contribution in [3.63, 3.8) is 0 Å². The average Bonchev–Trinajstić information content (AvgIpc) is 2.39. The summed E-state index contributed by atoms with van der Waals surface area (Å²) in [5, 5.41) is 3.42. The van der Waals surface area contributed by atoms with Crippen LogP contribution in [0.2, 0.25) is 5.02 Å². The van der Waals surface area contributed by atoms with Crippen molar-refractivity contribution in [1.82, 2.24) is 0 Å². The molecule has 0 heterocycles. The first-order valence-corrected chi connectivity index (χ1v) is 5.93. The van der Waals surface area contributed by atoms with E-state index in [1.165, 1.54) is 0 Å². The van der Waals surface area contributed by atoms with Gasteiger partial charge in [-0.1, -0.05) is 23.7 Å². The van der Waals surface area contributed by atoms with E-state index in [1.54, 1.807) is 24.3 Å². The molecule has 0 aromatic heterocycles. The molecule has 0 radical (unpaired) electrons.